The predicted octanol–water partition coefficient (Wildman–Crippen LogP) is 5.54. The lowest BCUT2D eigenvalue weighted by molar-refractivity contribution is -0.149. The maximum absolute atomic E-state index is 12.5. The lowest BCUT2D eigenvalue weighted by atomic mass is 10.0. The Morgan fingerprint density at radius 2 is 1.92 bits per heavy atom. The van der Waals surface area contributed by atoms with Gasteiger partial charge in [0.15, 0.2) is 0 Å². The van der Waals surface area contributed by atoms with E-state index in [0.717, 1.165) is 10.8 Å². The minimum absolute atomic E-state index is 0.0825. The van der Waals surface area contributed by atoms with E-state index in [1.165, 1.54) is 0 Å². The van der Waals surface area contributed by atoms with E-state index in [1.807, 2.05) is 56.3 Å². The van der Waals surface area contributed by atoms with Gasteiger partial charge in [0.05, 0.1) is 5.92 Å². The van der Waals surface area contributed by atoms with Crippen LogP contribution in [0.3, 0.4) is 0 Å². The summed E-state index contributed by atoms with van der Waals surface area (Å²) in [6.07, 6.45) is 0.719. The molecule has 5 heteroatoms. The number of carbonyl (C=O) groups is 1. The van der Waals surface area contributed by atoms with Crippen LogP contribution in [0.15, 0.2) is 53.0 Å². The number of fused-ring (bicyclic) bond motifs is 1. The van der Waals surface area contributed by atoms with Crippen LogP contribution in [-0.2, 0) is 9.53 Å². The Labute approximate surface area is 156 Å². The van der Waals surface area contributed by atoms with Gasteiger partial charge in [-0.15, -0.1) is 0 Å². The molecule has 3 atom stereocenters. The highest BCUT2D eigenvalue weighted by molar-refractivity contribution is 6.55. The molecule has 25 heavy (non-hydrogen) atoms. The van der Waals surface area contributed by atoms with Crippen molar-refractivity contribution in [2.45, 2.75) is 20.0 Å². The molecule has 0 spiro atoms. The number of nitriles is 1. The monoisotopic (exact) mass is 373 g/mol. The number of ether oxygens (including phenoxy) is 1. The molecule has 3 rings (SSSR count). The number of halogens is 2. The fourth-order valence-electron chi connectivity index (χ4n) is 3.30. The highest BCUT2D eigenvalue weighted by atomic mass is 35.5. The zero-order chi connectivity index (χ0) is 18.2. The fraction of sp³-hybridized carbons (Fsp3) is 0.300. The molecule has 0 aliphatic heterocycles. The van der Waals surface area contributed by atoms with E-state index in [0.29, 0.717) is 5.56 Å². The molecule has 3 nitrogen and oxygen atoms in total. The minimum Gasteiger partial charge on any atom is -0.442 e. The van der Waals surface area contributed by atoms with Crippen molar-refractivity contribution in [3.05, 3.63) is 58.6 Å². The van der Waals surface area contributed by atoms with Crippen LogP contribution in [0.2, 0.25) is 0 Å². The number of hydrogen-bond acceptors (Lipinski definition) is 3. The van der Waals surface area contributed by atoms with E-state index >= 15 is 0 Å². The standard InChI is InChI=1S/C20H17Cl2NO2/c1-20(2)15(10-17(21)22)18(20)19(24)25-16(11-23)14-8-7-12-5-3-4-6-13(12)9-14/h3-10,15-16,18H,1-2H3/t15-,16-,18-/m0/s1. The van der Waals surface area contributed by atoms with Crippen molar-refractivity contribution in [3.8, 4) is 6.07 Å². The van der Waals surface area contributed by atoms with Crippen molar-refractivity contribution in [2.75, 3.05) is 0 Å². The van der Waals surface area contributed by atoms with Gasteiger partial charge in [0.2, 0.25) is 6.10 Å². The molecule has 0 N–H and O–H groups in total. The predicted molar refractivity (Wildman–Crippen MR) is 98.9 cm³/mol. The normalized spacial score (nSPS) is 21.9. The van der Waals surface area contributed by atoms with Crippen molar-refractivity contribution in [1.29, 1.82) is 5.26 Å². The van der Waals surface area contributed by atoms with Crippen LogP contribution in [0.1, 0.15) is 25.5 Å². The Morgan fingerprint density at radius 3 is 2.56 bits per heavy atom. The molecule has 1 aliphatic rings. The van der Waals surface area contributed by atoms with Crippen LogP contribution in [-0.4, -0.2) is 5.97 Å². The number of rotatable bonds is 4. The summed E-state index contributed by atoms with van der Waals surface area (Å²) in [7, 11) is 0. The van der Waals surface area contributed by atoms with Gasteiger partial charge in [-0.1, -0.05) is 73.4 Å². The first-order chi connectivity index (χ1) is 11.8. The van der Waals surface area contributed by atoms with E-state index in [2.05, 4.69) is 6.07 Å². The topological polar surface area (TPSA) is 50.1 Å². The van der Waals surface area contributed by atoms with E-state index in [9.17, 15) is 10.1 Å². The largest absolute Gasteiger partial charge is 0.442 e. The number of benzene rings is 2. The number of esters is 1. The van der Waals surface area contributed by atoms with Crippen LogP contribution in [0.5, 0.6) is 0 Å². The van der Waals surface area contributed by atoms with Crippen molar-refractivity contribution in [3.63, 3.8) is 0 Å². The SMILES string of the molecule is CC1(C)[C@H](C(=O)O[C@@H](C#N)c2ccc3ccccc3c2)[C@@H]1C=C(Cl)Cl. The lowest BCUT2D eigenvalue weighted by Crippen LogP contribution is -2.14. The van der Waals surface area contributed by atoms with Gasteiger partial charge in [-0.25, -0.2) is 0 Å². The molecule has 128 valence electrons. The Kier molecular flexibility index (Phi) is 4.77. The van der Waals surface area contributed by atoms with Gasteiger partial charge < -0.3 is 4.74 Å². The number of carbonyl (C=O) groups excluding carboxylic acids is 1. The van der Waals surface area contributed by atoms with Crippen LogP contribution >= 0.6 is 23.2 Å². The smallest absolute Gasteiger partial charge is 0.311 e. The summed E-state index contributed by atoms with van der Waals surface area (Å²) in [5.74, 6) is -0.835. The second-order valence-electron chi connectivity index (χ2n) is 6.83. The third-order valence-corrected chi connectivity index (χ3v) is 5.15. The minimum atomic E-state index is -0.940. The molecule has 0 unspecified atom stereocenters. The summed E-state index contributed by atoms with van der Waals surface area (Å²) >= 11 is 11.4. The number of nitrogens with zero attached hydrogens (tertiary/aromatic N) is 1. The average Bonchev–Trinajstić information content (AvgIpc) is 3.11. The molecule has 2 aromatic carbocycles. The van der Waals surface area contributed by atoms with Gasteiger partial charge in [-0.3, -0.25) is 4.79 Å². The highest BCUT2D eigenvalue weighted by Crippen LogP contribution is 2.60. The molecule has 0 amide bonds. The third-order valence-electron chi connectivity index (χ3n) is 4.90. The summed E-state index contributed by atoms with van der Waals surface area (Å²) in [4.78, 5) is 12.5. The first kappa shape index (κ1) is 17.8. The lowest BCUT2D eigenvalue weighted by Gasteiger charge is -2.13. The van der Waals surface area contributed by atoms with E-state index in [-0.39, 0.29) is 21.7 Å². The average molecular weight is 374 g/mol. The molecule has 1 aliphatic carbocycles. The van der Waals surface area contributed by atoms with Crippen molar-refractivity contribution in [1.82, 2.24) is 0 Å². The zero-order valence-corrected chi connectivity index (χ0v) is 15.4. The van der Waals surface area contributed by atoms with E-state index in [1.54, 1.807) is 6.08 Å². The molecule has 0 radical (unpaired) electrons. The molecular weight excluding hydrogens is 357 g/mol. The summed E-state index contributed by atoms with van der Waals surface area (Å²) in [6.45, 7) is 3.91. The molecule has 1 fully saturated rings. The molecule has 0 aromatic heterocycles. The van der Waals surface area contributed by atoms with Crippen LogP contribution in [0.25, 0.3) is 10.8 Å². The first-order valence-electron chi connectivity index (χ1n) is 7.96. The maximum atomic E-state index is 12.5. The van der Waals surface area contributed by atoms with E-state index in [4.69, 9.17) is 27.9 Å². The molecule has 0 saturated heterocycles. The van der Waals surface area contributed by atoms with Gasteiger partial charge in [-0.2, -0.15) is 5.26 Å². The zero-order valence-electron chi connectivity index (χ0n) is 13.9. The molecule has 0 bridgehead atoms. The van der Waals surface area contributed by atoms with Gasteiger partial charge in [0.25, 0.3) is 0 Å². The maximum Gasteiger partial charge on any atom is 0.311 e. The number of hydrogen-bond donors (Lipinski definition) is 0. The molecule has 0 heterocycles. The van der Waals surface area contributed by atoms with E-state index < -0.39 is 12.1 Å². The van der Waals surface area contributed by atoms with Crippen molar-refractivity contribution >= 4 is 39.9 Å². The quantitative estimate of drug-likeness (QED) is 0.661. The molecular formula is C20H17Cl2NO2. The summed E-state index contributed by atoms with van der Waals surface area (Å²) < 4.78 is 5.63. The van der Waals surface area contributed by atoms with Crippen LogP contribution in [0, 0.1) is 28.6 Å². The summed E-state index contributed by atoms with van der Waals surface area (Å²) in [5, 5.41) is 11.5. The van der Waals surface area contributed by atoms with Gasteiger partial charge in [0.1, 0.15) is 10.6 Å². The first-order valence-corrected chi connectivity index (χ1v) is 8.72. The number of allylic oxidation sites excluding steroid dienone is 1. The van der Waals surface area contributed by atoms with Crippen molar-refractivity contribution in [2.24, 2.45) is 17.3 Å². The van der Waals surface area contributed by atoms with Gasteiger partial charge >= 0.3 is 5.97 Å². The highest BCUT2D eigenvalue weighted by Gasteiger charge is 2.62. The second kappa shape index (κ2) is 6.71. The fourth-order valence-corrected chi connectivity index (χ4v) is 3.58. The van der Waals surface area contributed by atoms with Crippen molar-refractivity contribution < 1.29 is 9.53 Å². The summed E-state index contributed by atoms with van der Waals surface area (Å²) in [6, 6.07) is 15.5. The Bertz CT molecular complexity index is 894. The molecule has 1 saturated carbocycles. The Hall–Kier alpha value is -2.02. The Morgan fingerprint density at radius 1 is 1.24 bits per heavy atom. The Balaban J connectivity index is 1.79. The second-order valence-corrected chi connectivity index (χ2v) is 7.84. The third kappa shape index (κ3) is 3.51. The van der Waals surface area contributed by atoms with Crippen LogP contribution in [0.4, 0.5) is 0 Å². The van der Waals surface area contributed by atoms with Crippen LogP contribution < -0.4 is 0 Å². The van der Waals surface area contributed by atoms with Gasteiger partial charge in [-0.05, 0) is 34.2 Å². The summed E-state index contributed by atoms with van der Waals surface area (Å²) in [5.41, 5.74) is 0.380. The molecule has 2 aromatic rings. The van der Waals surface area contributed by atoms with Gasteiger partial charge in [0, 0.05) is 5.56 Å².